The highest BCUT2D eigenvalue weighted by Gasteiger charge is 2.26. The van der Waals surface area contributed by atoms with Crippen LogP contribution in [-0.4, -0.2) is 26.4 Å². The van der Waals surface area contributed by atoms with Gasteiger partial charge in [0, 0.05) is 30.7 Å². The second-order valence-electron chi connectivity index (χ2n) is 5.85. The average Bonchev–Trinajstić information content (AvgIpc) is 2.96. The molecule has 3 rings (SSSR count). The number of aryl methyl sites for hydroxylation is 2. The number of amides is 1. The van der Waals surface area contributed by atoms with E-state index in [4.69, 9.17) is 0 Å². The van der Waals surface area contributed by atoms with Gasteiger partial charge in [0.1, 0.15) is 0 Å². The van der Waals surface area contributed by atoms with E-state index in [1.54, 1.807) is 24.1 Å². The van der Waals surface area contributed by atoms with Crippen molar-refractivity contribution >= 4 is 21.6 Å². The molecule has 2 heterocycles. The molecule has 122 valence electrons. The quantitative estimate of drug-likeness (QED) is 0.892. The van der Waals surface area contributed by atoms with E-state index < -0.39 is 10.0 Å². The lowest BCUT2D eigenvalue weighted by Crippen LogP contribution is -2.23. The molecule has 0 bridgehead atoms. The van der Waals surface area contributed by atoms with E-state index in [9.17, 15) is 13.2 Å². The Morgan fingerprint density at radius 2 is 2.00 bits per heavy atom. The Bertz CT molecular complexity index is 884. The monoisotopic (exact) mass is 333 g/mol. The Morgan fingerprint density at radius 1 is 1.26 bits per heavy atom. The summed E-state index contributed by atoms with van der Waals surface area (Å²) in [5.74, 6) is -0.0269. The fraction of sp³-hybridized carbons (Fsp3) is 0.312. The van der Waals surface area contributed by atoms with E-state index in [-0.39, 0.29) is 23.8 Å². The predicted octanol–water partition coefficient (Wildman–Crippen LogP) is 1.63. The molecule has 0 saturated carbocycles. The van der Waals surface area contributed by atoms with Crippen LogP contribution in [0, 0.1) is 13.8 Å². The topological polar surface area (TPSA) is 82.3 Å². The number of hydrogen-bond donors (Lipinski definition) is 2. The standard InChI is InChI=1S/C16H19N3O3S/c1-10-6-13(11(2)18-10)9-17-23(21,22)14-4-5-15-12(7-14)8-16(20)19(15)3/h4-7,17-18H,8-9H2,1-3H3. The van der Waals surface area contributed by atoms with Crippen molar-refractivity contribution < 1.29 is 13.2 Å². The van der Waals surface area contributed by atoms with E-state index in [2.05, 4.69) is 9.71 Å². The summed E-state index contributed by atoms with van der Waals surface area (Å²) >= 11 is 0. The van der Waals surface area contributed by atoms with Gasteiger partial charge in [-0.05, 0) is 49.2 Å². The zero-order valence-electron chi connectivity index (χ0n) is 13.3. The van der Waals surface area contributed by atoms with Crippen LogP contribution in [0.1, 0.15) is 22.5 Å². The fourth-order valence-electron chi connectivity index (χ4n) is 2.84. The van der Waals surface area contributed by atoms with Crippen LogP contribution >= 0.6 is 0 Å². The van der Waals surface area contributed by atoms with Crippen LogP contribution in [-0.2, 0) is 27.8 Å². The van der Waals surface area contributed by atoms with Crippen molar-refractivity contribution in [2.24, 2.45) is 0 Å². The maximum atomic E-state index is 12.5. The van der Waals surface area contributed by atoms with Crippen LogP contribution in [0.3, 0.4) is 0 Å². The molecule has 7 heteroatoms. The normalized spacial score (nSPS) is 14.4. The molecule has 0 aliphatic carbocycles. The van der Waals surface area contributed by atoms with Gasteiger partial charge in [-0.2, -0.15) is 0 Å². The van der Waals surface area contributed by atoms with Crippen molar-refractivity contribution in [1.29, 1.82) is 0 Å². The number of benzene rings is 1. The molecule has 2 aromatic rings. The average molecular weight is 333 g/mol. The Morgan fingerprint density at radius 3 is 2.65 bits per heavy atom. The van der Waals surface area contributed by atoms with Crippen LogP contribution < -0.4 is 9.62 Å². The van der Waals surface area contributed by atoms with Crippen LogP contribution in [0.25, 0.3) is 0 Å². The SMILES string of the molecule is Cc1cc(CNS(=O)(=O)c2ccc3c(c2)CC(=O)N3C)c(C)[nH]1. The number of nitrogens with zero attached hydrogens (tertiary/aromatic N) is 1. The molecule has 1 amide bonds. The van der Waals surface area contributed by atoms with Gasteiger partial charge < -0.3 is 9.88 Å². The number of fused-ring (bicyclic) bond motifs is 1. The summed E-state index contributed by atoms with van der Waals surface area (Å²) in [6, 6.07) is 6.72. The molecule has 23 heavy (non-hydrogen) atoms. The van der Waals surface area contributed by atoms with Gasteiger partial charge in [-0.3, -0.25) is 4.79 Å². The molecule has 0 unspecified atom stereocenters. The molecule has 0 radical (unpaired) electrons. The third-order valence-corrected chi connectivity index (χ3v) is 5.55. The third kappa shape index (κ3) is 2.89. The van der Waals surface area contributed by atoms with Crippen molar-refractivity contribution in [3.8, 4) is 0 Å². The van der Waals surface area contributed by atoms with Gasteiger partial charge in [0.25, 0.3) is 0 Å². The van der Waals surface area contributed by atoms with E-state index in [1.165, 1.54) is 6.07 Å². The molecule has 2 N–H and O–H groups in total. The van der Waals surface area contributed by atoms with Crippen LogP contribution in [0.4, 0.5) is 5.69 Å². The summed E-state index contributed by atoms with van der Waals surface area (Å²) in [6.07, 6.45) is 0.241. The van der Waals surface area contributed by atoms with Crippen molar-refractivity contribution in [2.75, 3.05) is 11.9 Å². The lowest BCUT2D eigenvalue weighted by molar-refractivity contribution is -0.117. The summed E-state index contributed by atoms with van der Waals surface area (Å²) in [7, 11) is -1.92. The second kappa shape index (κ2) is 5.50. The molecular weight excluding hydrogens is 314 g/mol. The predicted molar refractivity (Wildman–Crippen MR) is 87.8 cm³/mol. The third-order valence-electron chi connectivity index (χ3n) is 4.15. The van der Waals surface area contributed by atoms with Crippen LogP contribution in [0.2, 0.25) is 0 Å². The fourth-order valence-corrected chi connectivity index (χ4v) is 3.89. The first-order valence-corrected chi connectivity index (χ1v) is 8.80. The summed E-state index contributed by atoms with van der Waals surface area (Å²) < 4.78 is 27.5. The molecule has 0 saturated heterocycles. The zero-order chi connectivity index (χ0) is 16.8. The van der Waals surface area contributed by atoms with Crippen molar-refractivity contribution in [3.05, 3.63) is 46.8 Å². The highest BCUT2D eigenvalue weighted by Crippen LogP contribution is 2.29. The maximum Gasteiger partial charge on any atom is 0.240 e. The van der Waals surface area contributed by atoms with E-state index in [1.807, 2.05) is 19.9 Å². The molecular formula is C16H19N3O3S. The second-order valence-corrected chi connectivity index (χ2v) is 7.61. The molecule has 0 atom stereocenters. The number of hydrogen-bond acceptors (Lipinski definition) is 3. The van der Waals surface area contributed by atoms with Gasteiger partial charge in [-0.25, -0.2) is 13.1 Å². The van der Waals surface area contributed by atoms with Gasteiger partial charge in [0.05, 0.1) is 11.3 Å². The first-order chi connectivity index (χ1) is 10.8. The number of carbonyl (C=O) groups is 1. The highest BCUT2D eigenvalue weighted by molar-refractivity contribution is 7.89. The Balaban J connectivity index is 1.82. The number of likely N-dealkylation sites (N-methyl/N-ethyl adjacent to an activating group) is 1. The van der Waals surface area contributed by atoms with Gasteiger partial charge in [0.2, 0.25) is 15.9 Å². The first kappa shape index (κ1) is 15.8. The Hall–Kier alpha value is -2.12. The smallest absolute Gasteiger partial charge is 0.240 e. The van der Waals surface area contributed by atoms with Gasteiger partial charge in [0.15, 0.2) is 0 Å². The van der Waals surface area contributed by atoms with Gasteiger partial charge >= 0.3 is 0 Å². The number of carbonyl (C=O) groups excluding carboxylic acids is 1. The van der Waals surface area contributed by atoms with Gasteiger partial charge in [-0.15, -0.1) is 0 Å². The van der Waals surface area contributed by atoms with Crippen LogP contribution in [0.15, 0.2) is 29.2 Å². The molecule has 1 aromatic heterocycles. The maximum absolute atomic E-state index is 12.5. The Kier molecular flexibility index (Phi) is 3.77. The minimum atomic E-state index is -3.62. The number of sulfonamides is 1. The number of nitrogens with one attached hydrogen (secondary N) is 2. The minimum Gasteiger partial charge on any atom is -0.362 e. The highest BCUT2D eigenvalue weighted by atomic mass is 32.2. The summed E-state index contributed by atoms with van der Waals surface area (Å²) in [4.78, 5) is 16.6. The molecule has 0 spiro atoms. The first-order valence-electron chi connectivity index (χ1n) is 7.32. The molecule has 1 aromatic carbocycles. The minimum absolute atomic E-state index is 0.0269. The van der Waals surface area contributed by atoms with Crippen molar-refractivity contribution in [2.45, 2.75) is 31.7 Å². The largest absolute Gasteiger partial charge is 0.362 e. The molecule has 6 nitrogen and oxygen atoms in total. The van der Waals surface area contributed by atoms with Gasteiger partial charge in [-0.1, -0.05) is 0 Å². The molecule has 1 aliphatic rings. The zero-order valence-corrected chi connectivity index (χ0v) is 14.1. The van der Waals surface area contributed by atoms with E-state index in [0.29, 0.717) is 0 Å². The van der Waals surface area contributed by atoms with Crippen molar-refractivity contribution in [1.82, 2.24) is 9.71 Å². The van der Waals surface area contributed by atoms with E-state index in [0.717, 1.165) is 28.2 Å². The molecule has 1 aliphatic heterocycles. The van der Waals surface area contributed by atoms with E-state index >= 15 is 0 Å². The lowest BCUT2D eigenvalue weighted by Gasteiger charge is -2.11. The number of H-pyrrole nitrogens is 1. The summed E-state index contributed by atoms with van der Waals surface area (Å²) in [6.45, 7) is 4.07. The van der Waals surface area contributed by atoms with Crippen molar-refractivity contribution in [3.63, 3.8) is 0 Å². The molecule has 0 fully saturated rings. The number of aromatic amines is 1. The Labute approximate surface area is 135 Å². The van der Waals surface area contributed by atoms with Crippen LogP contribution in [0.5, 0.6) is 0 Å². The number of aromatic nitrogens is 1. The lowest BCUT2D eigenvalue weighted by atomic mass is 10.2. The number of anilines is 1. The summed E-state index contributed by atoms with van der Waals surface area (Å²) in [5.41, 5.74) is 4.38. The number of rotatable bonds is 4. The summed E-state index contributed by atoms with van der Waals surface area (Å²) in [5, 5.41) is 0.